The van der Waals surface area contributed by atoms with Crippen LogP contribution in [0.3, 0.4) is 0 Å². The van der Waals surface area contributed by atoms with E-state index in [2.05, 4.69) is 58.1 Å². The molecule has 0 bridgehead atoms. The second kappa shape index (κ2) is 9.93. The molecule has 0 saturated carbocycles. The van der Waals surface area contributed by atoms with Crippen LogP contribution in [-0.4, -0.2) is 39.0 Å². The summed E-state index contributed by atoms with van der Waals surface area (Å²) in [6, 6.07) is 6.33. The van der Waals surface area contributed by atoms with Gasteiger partial charge in [0.25, 0.3) is 0 Å². The Labute approximate surface area is 220 Å². The van der Waals surface area contributed by atoms with Crippen LogP contribution in [0.5, 0.6) is 5.75 Å². The van der Waals surface area contributed by atoms with Gasteiger partial charge in [0.15, 0.2) is 5.13 Å². The van der Waals surface area contributed by atoms with Crippen molar-refractivity contribution in [1.29, 1.82) is 0 Å². The summed E-state index contributed by atoms with van der Waals surface area (Å²) in [5.41, 5.74) is 12.9. The van der Waals surface area contributed by atoms with Crippen LogP contribution in [0, 0.1) is 13.8 Å². The molecular weight excluding hydrogens is 486 g/mol. The molecular formula is C27H31N7O2S. The van der Waals surface area contributed by atoms with Gasteiger partial charge < -0.3 is 20.7 Å². The number of rotatable bonds is 5. The molecule has 0 aliphatic carbocycles. The predicted octanol–water partition coefficient (Wildman–Crippen LogP) is 4.51. The molecule has 37 heavy (non-hydrogen) atoms. The summed E-state index contributed by atoms with van der Waals surface area (Å²) in [7, 11) is 0. The van der Waals surface area contributed by atoms with Gasteiger partial charge in [0, 0.05) is 42.0 Å². The third-order valence-corrected chi connectivity index (χ3v) is 7.26. The SMILES string of the molecule is CC(=O)NCc1nc(C)c(C(C)C)c(N2CCOc3c(C)cc(-c4cnc5sc(N)nc5c4)cc3C2)n1. The van der Waals surface area contributed by atoms with Crippen molar-refractivity contribution in [2.24, 2.45) is 0 Å². The molecule has 1 aliphatic rings. The number of carbonyl (C=O) groups is 1. The van der Waals surface area contributed by atoms with Crippen molar-refractivity contribution in [1.82, 2.24) is 25.3 Å². The van der Waals surface area contributed by atoms with Gasteiger partial charge in [-0.1, -0.05) is 25.2 Å². The third-order valence-electron chi connectivity index (χ3n) is 6.45. The summed E-state index contributed by atoms with van der Waals surface area (Å²) in [6.45, 7) is 12.0. The number of ether oxygens (including phenoxy) is 1. The van der Waals surface area contributed by atoms with Crippen LogP contribution in [-0.2, 0) is 17.9 Å². The number of pyridine rings is 1. The molecule has 0 radical (unpaired) electrons. The molecule has 4 heterocycles. The lowest BCUT2D eigenvalue weighted by atomic mass is 9.99. The van der Waals surface area contributed by atoms with E-state index >= 15 is 0 Å². The van der Waals surface area contributed by atoms with Gasteiger partial charge in [-0.05, 0) is 49.1 Å². The van der Waals surface area contributed by atoms with Gasteiger partial charge in [0.1, 0.15) is 34.3 Å². The van der Waals surface area contributed by atoms with Crippen LogP contribution in [0.15, 0.2) is 24.4 Å². The highest BCUT2D eigenvalue weighted by atomic mass is 32.1. The number of hydrogen-bond acceptors (Lipinski definition) is 9. The molecule has 5 rings (SSSR count). The monoisotopic (exact) mass is 517 g/mol. The summed E-state index contributed by atoms with van der Waals surface area (Å²) in [6.07, 6.45) is 1.87. The Kier molecular flexibility index (Phi) is 6.68. The minimum atomic E-state index is -0.108. The van der Waals surface area contributed by atoms with Crippen LogP contribution in [0.1, 0.15) is 54.9 Å². The van der Waals surface area contributed by atoms with Crippen LogP contribution in [0.4, 0.5) is 10.9 Å². The molecule has 0 atom stereocenters. The molecule has 192 valence electrons. The van der Waals surface area contributed by atoms with Gasteiger partial charge in [-0.2, -0.15) is 0 Å². The van der Waals surface area contributed by atoms with Crippen LogP contribution < -0.4 is 20.7 Å². The topological polar surface area (TPSA) is 119 Å². The second-order valence-electron chi connectivity index (χ2n) is 9.68. The zero-order chi connectivity index (χ0) is 26.3. The van der Waals surface area contributed by atoms with Gasteiger partial charge in [-0.15, -0.1) is 0 Å². The zero-order valence-electron chi connectivity index (χ0n) is 21.8. The fourth-order valence-corrected chi connectivity index (χ4v) is 5.54. The maximum Gasteiger partial charge on any atom is 0.217 e. The van der Waals surface area contributed by atoms with Crippen LogP contribution in [0.2, 0.25) is 0 Å². The molecule has 10 heteroatoms. The summed E-state index contributed by atoms with van der Waals surface area (Å²) in [5, 5.41) is 3.33. The molecule has 3 N–H and O–H groups in total. The fraction of sp³-hybridized carbons (Fsp3) is 0.370. The Balaban J connectivity index is 1.55. The highest BCUT2D eigenvalue weighted by Crippen LogP contribution is 2.36. The van der Waals surface area contributed by atoms with Crippen molar-refractivity contribution >= 4 is 38.5 Å². The van der Waals surface area contributed by atoms with E-state index in [0.29, 0.717) is 37.2 Å². The number of nitrogens with zero attached hydrogens (tertiary/aromatic N) is 5. The number of aromatic nitrogens is 4. The number of thiazole rings is 1. The second-order valence-corrected chi connectivity index (χ2v) is 10.7. The van der Waals surface area contributed by atoms with Gasteiger partial charge in [-0.25, -0.2) is 19.9 Å². The summed E-state index contributed by atoms with van der Waals surface area (Å²) >= 11 is 1.39. The van der Waals surface area contributed by atoms with E-state index in [1.807, 2.05) is 19.2 Å². The van der Waals surface area contributed by atoms with Crippen molar-refractivity contribution in [3.8, 4) is 16.9 Å². The first kappa shape index (κ1) is 24.9. The smallest absolute Gasteiger partial charge is 0.217 e. The third kappa shape index (κ3) is 5.06. The lowest BCUT2D eigenvalue weighted by Gasteiger charge is -2.27. The minimum absolute atomic E-state index is 0.108. The van der Waals surface area contributed by atoms with E-state index in [0.717, 1.165) is 55.4 Å². The Morgan fingerprint density at radius 2 is 2.00 bits per heavy atom. The number of amides is 1. The lowest BCUT2D eigenvalue weighted by molar-refractivity contribution is -0.119. The van der Waals surface area contributed by atoms with Crippen LogP contribution in [0.25, 0.3) is 21.5 Å². The summed E-state index contributed by atoms with van der Waals surface area (Å²) in [4.78, 5) is 33.2. The van der Waals surface area contributed by atoms with E-state index in [4.69, 9.17) is 15.5 Å². The first-order valence-electron chi connectivity index (χ1n) is 12.3. The van der Waals surface area contributed by atoms with Gasteiger partial charge in [-0.3, -0.25) is 4.79 Å². The first-order valence-corrected chi connectivity index (χ1v) is 13.2. The molecule has 4 aromatic rings. The van der Waals surface area contributed by atoms with E-state index < -0.39 is 0 Å². The van der Waals surface area contributed by atoms with Gasteiger partial charge >= 0.3 is 0 Å². The number of fused-ring (bicyclic) bond motifs is 2. The van der Waals surface area contributed by atoms with E-state index in [9.17, 15) is 4.79 Å². The Morgan fingerprint density at radius 3 is 2.76 bits per heavy atom. The van der Waals surface area contributed by atoms with Crippen molar-refractivity contribution in [3.63, 3.8) is 0 Å². The van der Waals surface area contributed by atoms with E-state index in [1.54, 1.807) is 0 Å². The lowest BCUT2D eigenvalue weighted by Crippen LogP contribution is -2.29. The summed E-state index contributed by atoms with van der Waals surface area (Å²) < 4.78 is 6.25. The predicted molar refractivity (Wildman–Crippen MR) is 147 cm³/mol. The first-order chi connectivity index (χ1) is 17.7. The number of benzene rings is 1. The van der Waals surface area contributed by atoms with E-state index in [1.165, 1.54) is 18.3 Å². The number of nitrogen functional groups attached to an aromatic ring is 1. The Morgan fingerprint density at radius 1 is 1.19 bits per heavy atom. The van der Waals surface area contributed by atoms with Crippen molar-refractivity contribution in [2.45, 2.75) is 53.6 Å². The number of aryl methyl sites for hydroxylation is 2. The highest BCUT2D eigenvalue weighted by Gasteiger charge is 2.25. The number of anilines is 2. The number of nitrogens with two attached hydrogens (primary N) is 1. The molecule has 0 unspecified atom stereocenters. The fourth-order valence-electron chi connectivity index (χ4n) is 4.88. The largest absolute Gasteiger partial charge is 0.491 e. The highest BCUT2D eigenvalue weighted by molar-refractivity contribution is 7.21. The standard InChI is InChI=1S/C27H31N7O2S/c1-14(2)23-16(4)31-22(12-29-17(5)35)33-25(23)34-6-7-36-24-15(3)8-18(9-20(24)13-34)19-10-21-26(30-11-19)37-27(28)32-21/h8-11,14H,6-7,12-13H2,1-5H3,(H2,28,32)(H,29,35). The van der Waals surface area contributed by atoms with Gasteiger partial charge in [0.05, 0.1) is 13.1 Å². The molecule has 1 aromatic carbocycles. The van der Waals surface area contributed by atoms with Crippen molar-refractivity contribution < 1.29 is 9.53 Å². The average molecular weight is 518 g/mol. The number of hydrogen-bond donors (Lipinski definition) is 2. The Hall–Kier alpha value is -3.79. The normalized spacial score (nSPS) is 13.4. The number of nitrogens with one attached hydrogen (secondary N) is 1. The molecule has 0 spiro atoms. The van der Waals surface area contributed by atoms with Crippen LogP contribution >= 0.6 is 11.3 Å². The molecule has 0 saturated heterocycles. The van der Waals surface area contributed by atoms with Gasteiger partial charge in [0.2, 0.25) is 5.91 Å². The summed E-state index contributed by atoms with van der Waals surface area (Å²) in [5.74, 6) is 2.54. The number of carbonyl (C=O) groups excluding carboxylic acids is 1. The zero-order valence-corrected chi connectivity index (χ0v) is 22.6. The molecule has 1 aliphatic heterocycles. The molecule has 0 fully saturated rings. The van der Waals surface area contributed by atoms with Crippen molar-refractivity contribution in [2.75, 3.05) is 23.8 Å². The molecule has 3 aromatic heterocycles. The van der Waals surface area contributed by atoms with Crippen molar-refractivity contribution in [3.05, 3.63) is 52.6 Å². The molecule has 9 nitrogen and oxygen atoms in total. The quantitative estimate of drug-likeness (QED) is 0.397. The average Bonchev–Trinajstić information content (AvgIpc) is 3.07. The molecule has 1 amide bonds. The van der Waals surface area contributed by atoms with E-state index in [-0.39, 0.29) is 11.8 Å². The maximum absolute atomic E-state index is 11.5. The Bertz CT molecular complexity index is 1500. The maximum atomic E-state index is 11.5. The minimum Gasteiger partial charge on any atom is -0.491 e.